The van der Waals surface area contributed by atoms with E-state index in [1.165, 1.54) is 6.42 Å². The Kier molecular flexibility index (Phi) is 3.16. The smallest absolute Gasteiger partial charge is 0.187 e. The van der Waals surface area contributed by atoms with Crippen LogP contribution in [0, 0.1) is 5.92 Å². The fourth-order valence-electron chi connectivity index (χ4n) is 1.27. The Bertz CT molecular complexity index is 249. The maximum atomic E-state index is 5.29. The summed E-state index contributed by atoms with van der Waals surface area (Å²) in [5.74, 6) is 1.76. The minimum atomic E-state index is 0.689. The maximum absolute atomic E-state index is 5.29. The second kappa shape index (κ2) is 4.58. The molecule has 4 heteroatoms. The SMILES string of the molecule is c1cnc(SCC2CCOC2)nc1. The van der Waals surface area contributed by atoms with Crippen LogP contribution < -0.4 is 0 Å². The highest BCUT2D eigenvalue weighted by molar-refractivity contribution is 7.99. The molecule has 1 fully saturated rings. The van der Waals surface area contributed by atoms with Gasteiger partial charge in [-0.15, -0.1) is 0 Å². The van der Waals surface area contributed by atoms with Gasteiger partial charge in [-0.1, -0.05) is 11.8 Å². The summed E-state index contributed by atoms with van der Waals surface area (Å²) in [5.41, 5.74) is 0. The third-order valence-corrected chi connectivity index (χ3v) is 3.12. The van der Waals surface area contributed by atoms with Crippen LogP contribution in [0.15, 0.2) is 23.6 Å². The number of aromatic nitrogens is 2. The van der Waals surface area contributed by atoms with E-state index in [1.807, 2.05) is 6.07 Å². The van der Waals surface area contributed by atoms with E-state index >= 15 is 0 Å². The molecule has 70 valence electrons. The highest BCUT2D eigenvalue weighted by Crippen LogP contribution is 2.21. The van der Waals surface area contributed by atoms with Crippen LogP contribution in [-0.4, -0.2) is 28.9 Å². The Labute approximate surface area is 81.9 Å². The molecule has 0 aromatic carbocycles. The van der Waals surface area contributed by atoms with Gasteiger partial charge in [0.15, 0.2) is 5.16 Å². The van der Waals surface area contributed by atoms with Gasteiger partial charge in [0.05, 0.1) is 6.61 Å². The molecule has 0 N–H and O–H groups in total. The van der Waals surface area contributed by atoms with Crippen LogP contribution in [-0.2, 0) is 4.74 Å². The lowest BCUT2D eigenvalue weighted by atomic mass is 10.2. The molecule has 1 saturated heterocycles. The first kappa shape index (κ1) is 8.97. The standard InChI is InChI=1S/C9H12N2OS/c1-3-10-9(11-4-1)13-7-8-2-5-12-6-8/h1,3-4,8H,2,5-7H2. The fourth-order valence-corrected chi connectivity index (χ4v) is 2.19. The zero-order chi connectivity index (χ0) is 8.93. The number of nitrogens with zero attached hydrogens (tertiary/aromatic N) is 2. The summed E-state index contributed by atoms with van der Waals surface area (Å²) < 4.78 is 5.29. The average molecular weight is 196 g/mol. The number of rotatable bonds is 3. The van der Waals surface area contributed by atoms with Gasteiger partial charge in [-0.25, -0.2) is 9.97 Å². The molecule has 0 saturated carbocycles. The van der Waals surface area contributed by atoms with Crippen molar-refractivity contribution in [1.29, 1.82) is 0 Å². The minimum Gasteiger partial charge on any atom is -0.381 e. The van der Waals surface area contributed by atoms with E-state index < -0.39 is 0 Å². The fraction of sp³-hybridized carbons (Fsp3) is 0.556. The molecule has 13 heavy (non-hydrogen) atoms. The van der Waals surface area contributed by atoms with Gasteiger partial charge in [0.25, 0.3) is 0 Å². The molecular formula is C9H12N2OS. The lowest BCUT2D eigenvalue weighted by molar-refractivity contribution is 0.189. The zero-order valence-corrected chi connectivity index (χ0v) is 8.17. The van der Waals surface area contributed by atoms with Gasteiger partial charge in [0.1, 0.15) is 0 Å². The molecule has 2 heterocycles. The van der Waals surface area contributed by atoms with Crippen molar-refractivity contribution in [3.8, 4) is 0 Å². The molecule has 3 nitrogen and oxygen atoms in total. The second-order valence-electron chi connectivity index (χ2n) is 3.07. The van der Waals surface area contributed by atoms with Gasteiger partial charge >= 0.3 is 0 Å². The lowest BCUT2D eigenvalue weighted by Crippen LogP contribution is -2.02. The van der Waals surface area contributed by atoms with Crippen LogP contribution >= 0.6 is 11.8 Å². The largest absolute Gasteiger partial charge is 0.381 e. The Morgan fingerprint density at radius 3 is 3.00 bits per heavy atom. The molecule has 0 bridgehead atoms. The van der Waals surface area contributed by atoms with E-state index in [0.29, 0.717) is 5.92 Å². The molecule has 0 aliphatic carbocycles. The molecule has 1 aliphatic heterocycles. The Hall–Kier alpha value is -0.610. The molecule has 1 aliphatic rings. The number of thioether (sulfide) groups is 1. The van der Waals surface area contributed by atoms with Crippen molar-refractivity contribution in [2.24, 2.45) is 5.92 Å². The van der Waals surface area contributed by atoms with Gasteiger partial charge in [0, 0.05) is 24.8 Å². The van der Waals surface area contributed by atoms with E-state index in [-0.39, 0.29) is 0 Å². The van der Waals surface area contributed by atoms with Crippen molar-refractivity contribution in [1.82, 2.24) is 9.97 Å². The Morgan fingerprint density at radius 2 is 2.31 bits per heavy atom. The molecule has 2 rings (SSSR count). The predicted molar refractivity (Wildman–Crippen MR) is 51.7 cm³/mol. The van der Waals surface area contributed by atoms with Crippen molar-refractivity contribution < 1.29 is 4.74 Å². The van der Waals surface area contributed by atoms with Gasteiger partial charge in [0.2, 0.25) is 0 Å². The highest BCUT2D eigenvalue weighted by atomic mass is 32.2. The summed E-state index contributed by atoms with van der Waals surface area (Å²) in [7, 11) is 0. The Balaban J connectivity index is 1.79. The summed E-state index contributed by atoms with van der Waals surface area (Å²) in [6, 6.07) is 1.84. The van der Waals surface area contributed by atoms with Crippen LogP contribution in [0.25, 0.3) is 0 Å². The van der Waals surface area contributed by atoms with Gasteiger partial charge in [-0.2, -0.15) is 0 Å². The van der Waals surface area contributed by atoms with Crippen molar-refractivity contribution >= 4 is 11.8 Å². The van der Waals surface area contributed by atoms with Crippen molar-refractivity contribution in [2.75, 3.05) is 19.0 Å². The van der Waals surface area contributed by atoms with Crippen LogP contribution in [0.4, 0.5) is 0 Å². The highest BCUT2D eigenvalue weighted by Gasteiger charge is 2.15. The summed E-state index contributed by atoms with van der Waals surface area (Å²) in [5, 5.41) is 0.870. The maximum Gasteiger partial charge on any atom is 0.187 e. The van der Waals surface area contributed by atoms with E-state index in [1.54, 1.807) is 24.2 Å². The van der Waals surface area contributed by atoms with Crippen molar-refractivity contribution in [3.63, 3.8) is 0 Å². The number of hydrogen-bond acceptors (Lipinski definition) is 4. The van der Waals surface area contributed by atoms with E-state index in [0.717, 1.165) is 24.1 Å². The van der Waals surface area contributed by atoms with Crippen LogP contribution in [0.1, 0.15) is 6.42 Å². The zero-order valence-electron chi connectivity index (χ0n) is 7.35. The quantitative estimate of drug-likeness (QED) is 0.543. The van der Waals surface area contributed by atoms with E-state index in [9.17, 15) is 0 Å². The first-order chi connectivity index (χ1) is 6.45. The summed E-state index contributed by atoms with van der Waals surface area (Å²) in [6.07, 6.45) is 4.74. The van der Waals surface area contributed by atoms with Gasteiger partial charge in [-0.05, 0) is 18.4 Å². The minimum absolute atomic E-state index is 0.689. The first-order valence-corrected chi connectivity index (χ1v) is 5.41. The summed E-state index contributed by atoms with van der Waals surface area (Å²) in [6.45, 7) is 1.82. The van der Waals surface area contributed by atoms with Gasteiger partial charge < -0.3 is 4.74 Å². The van der Waals surface area contributed by atoms with Crippen molar-refractivity contribution in [3.05, 3.63) is 18.5 Å². The third kappa shape index (κ3) is 2.67. The molecule has 0 amide bonds. The number of hydrogen-bond donors (Lipinski definition) is 0. The molecule has 1 atom stereocenters. The average Bonchev–Trinajstić information content (AvgIpc) is 2.69. The van der Waals surface area contributed by atoms with Crippen LogP contribution in [0.2, 0.25) is 0 Å². The predicted octanol–water partition coefficient (Wildman–Crippen LogP) is 1.61. The molecule has 1 aromatic rings. The molecular weight excluding hydrogens is 184 g/mol. The van der Waals surface area contributed by atoms with Crippen LogP contribution in [0.3, 0.4) is 0 Å². The number of ether oxygens (including phenoxy) is 1. The van der Waals surface area contributed by atoms with E-state index in [4.69, 9.17) is 4.74 Å². The van der Waals surface area contributed by atoms with E-state index in [2.05, 4.69) is 9.97 Å². The Morgan fingerprint density at radius 1 is 1.46 bits per heavy atom. The lowest BCUT2D eigenvalue weighted by Gasteiger charge is -2.04. The molecule has 1 unspecified atom stereocenters. The summed E-state index contributed by atoms with van der Waals surface area (Å²) in [4.78, 5) is 8.30. The van der Waals surface area contributed by atoms with Gasteiger partial charge in [-0.3, -0.25) is 0 Å². The first-order valence-electron chi connectivity index (χ1n) is 4.43. The molecule has 0 spiro atoms. The van der Waals surface area contributed by atoms with Crippen molar-refractivity contribution in [2.45, 2.75) is 11.6 Å². The monoisotopic (exact) mass is 196 g/mol. The topological polar surface area (TPSA) is 35.0 Å². The summed E-state index contributed by atoms with van der Waals surface area (Å²) >= 11 is 1.72. The normalized spacial score (nSPS) is 22.0. The molecule has 1 aromatic heterocycles. The third-order valence-electron chi connectivity index (χ3n) is 2.01. The second-order valence-corrected chi connectivity index (χ2v) is 4.06. The molecule has 0 radical (unpaired) electrons. The van der Waals surface area contributed by atoms with Crippen LogP contribution in [0.5, 0.6) is 0 Å².